The molecule has 6 nitrogen and oxygen atoms in total. The number of nitrogens with zero attached hydrogens (tertiary/aromatic N) is 1. The van der Waals surface area contributed by atoms with Gasteiger partial charge in [0.25, 0.3) is 11.8 Å². The van der Waals surface area contributed by atoms with Crippen LogP contribution in [0, 0.1) is 6.92 Å². The van der Waals surface area contributed by atoms with Crippen molar-refractivity contribution in [1.29, 1.82) is 0 Å². The fraction of sp³-hybridized carbons (Fsp3) is 0.167. The minimum Gasteiger partial charge on any atom is -0.495 e. The summed E-state index contributed by atoms with van der Waals surface area (Å²) in [6.07, 6.45) is 0. The normalized spacial score (nSPS) is 13.0. The molecular weight excluding hydrogens is 344 g/mol. The summed E-state index contributed by atoms with van der Waals surface area (Å²) in [6, 6.07) is 9.96. The van der Waals surface area contributed by atoms with Gasteiger partial charge in [0.15, 0.2) is 0 Å². The van der Waals surface area contributed by atoms with Crippen molar-refractivity contribution in [3.05, 3.63) is 58.1 Å². The van der Waals surface area contributed by atoms with Gasteiger partial charge in [0.2, 0.25) is 5.91 Å². The highest BCUT2D eigenvalue weighted by molar-refractivity contribution is 6.37. The number of halogens is 1. The highest BCUT2D eigenvalue weighted by Crippen LogP contribution is 2.29. The van der Waals surface area contributed by atoms with Crippen molar-refractivity contribution in [3.63, 3.8) is 0 Å². The zero-order valence-corrected chi connectivity index (χ0v) is 14.4. The van der Waals surface area contributed by atoms with Crippen molar-refractivity contribution in [2.75, 3.05) is 19.0 Å². The van der Waals surface area contributed by atoms with Crippen molar-refractivity contribution >= 4 is 35.0 Å². The second kappa shape index (κ2) is 6.57. The number of rotatable bonds is 4. The zero-order valence-electron chi connectivity index (χ0n) is 13.6. The molecule has 1 heterocycles. The summed E-state index contributed by atoms with van der Waals surface area (Å²) >= 11 is 6.00. The van der Waals surface area contributed by atoms with E-state index in [2.05, 4.69) is 5.32 Å². The molecule has 0 fully saturated rings. The third-order valence-corrected chi connectivity index (χ3v) is 4.19. The van der Waals surface area contributed by atoms with E-state index in [0.717, 1.165) is 10.5 Å². The van der Waals surface area contributed by atoms with Gasteiger partial charge in [0.1, 0.15) is 12.3 Å². The van der Waals surface area contributed by atoms with Crippen LogP contribution in [-0.4, -0.2) is 36.3 Å². The molecule has 2 aromatic rings. The van der Waals surface area contributed by atoms with Crippen LogP contribution in [0.3, 0.4) is 0 Å². The molecule has 0 aromatic heterocycles. The third kappa shape index (κ3) is 3.08. The molecule has 7 heteroatoms. The van der Waals surface area contributed by atoms with Gasteiger partial charge in [-0.25, -0.2) is 0 Å². The van der Waals surface area contributed by atoms with E-state index in [1.807, 2.05) is 13.0 Å². The first-order valence-electron chi connectivity index (χ1n) is 7.51. The Bertz CT molecular complexity index is 895. The van der Waals surface area contributed by atoms with E-state index < -0.39 is 24.3 Å². The van der Waals surface area contributed by atoms with Crippen LogP contribution < -0.4 is 10.1 Å². The maximum atomic E-state index is 12.4. The van der Waals surface area contributed by atoms with Gasteiger partial charge in [-0.05, 0) is 36.8 Å². The number of hydrogen-bond acceptors (Lipinski definition) is 4. The number of amides is 3. The summed E-state index contributed by atoms with van der Waals surface area (Å²) in [7, 11) is 1.49. The number of nitrogens with one attached hydrogen (secondary N) is 1. The smallest absolute Gasteiger partial charge is 0.263 e. The lowest BCUT2D eigenvalue weighted by Crippen LogP contribution is -2.37. The van der Waals surface area contributed by atoms with Gasteiger partial charge in [-0.15, -0.1) is 0 Å². The predicted octanol–water partition coefficient (Wildman–Crippen LogP) is 2.89. The molecule has 2 aromatic carbocycles. The first kappa shape index (κ1) is 17.0. The topological polar surface area (TPSA) is 75.7 Å². The van der Waals surface area contributed by atoms with E-state index in [9.17, 15) is 14.4 Å². The summed E-state index contributed by atoms with van der Waals surface area (Å²) in [5, 5.41) is 2.86. The fourth-order valence-corrected chi connectivity index (χ4v) is 2.94. The van der Waals surface area contributed by atoms with Gasteiger partial charge in [-0.1, -0.05) is 23.7 Å². The Morgan fingerprint density at radius 3 is 2.64 bits per heavy atom. The summed E-state index contributed by atoms with van der Waals surface area (Å²) in [4.78, 5) is 38.0. The average Bonchev–Trinajstić information content (AvgIpc) is 2.81. The summed E-state index contributed by atoms with van der Waals surface area (Å²) < 4.78 is 5.20. The van der Waals surface area contributed by atoms with Crippen LogP contribution in [-0.2, 0) is 4.79 Å². The van der Waals surface area contributed by atoms with E-state index in [4.69, 9.17) is 16.3 Å². The van der Waals surface area contributed by atoms with Crippen molar-refractivity contribution < 1.29 is 19.1 Å². The molecule has 0 saturated carbocycles. The molecule has 1 aliphatic heterocycles. The largest absolute Gasteiger partial charge is 0.495 e. The molecule has 0 atom stereocenters. The quantitative estimate of drug-likeness (QED) is 0.853. The number of methoxy groups -OCH3 is 1. The second-order valence-electron chi connectivity index (χ2n) is 5.61. The maximum absolute atomic E-state index is 12.4. The van der Waals surface area contributed by atoms with Crippen molar-refractivity contribution in [2.24, 2.45) is 0 Å². The maximum Gasteiger partial charge on any atom is 0.263 e. The number of benzene rings is 2. The number of fused-ring (bicyclic) bond motifs is 1. The Labute approximate surface area is 149 Å². The number of hydrogen-bond donors (Lipinski definition) is 1. The third-order valence-electron chi connectivity index (χ3n) is 3.88. The van der Waals surface area contributed by atoms with Gasteiger partial charge < -0.3 is 10.1 Å². The number of imide groups is 1. The molecular formula is C18H15ClN2O4. The second-order valence-corrected chi connectivity index (χ2v) is 6.02. The summed E-state index contributed by atoms with van der Waals surface area (Å²) in [6.45, 7) is 1.47. The molecule has 3 rings (SSSR count). The van der Waals surface area contributed by atoms with Crippen molar-refractivity contribution in [1.82, 2.24) is 4.90 Å². The molecule has 25 heavy (non-hydrogen) atoms. The van der Waals surface area contributed by atoms with Crippen LogP contribution >= 0.6 is 11.6 Å². The Morgan fingerprint density at radius 2 is 1.96 bits per heavy atom. The van der Waals surface area contributed by atoms with E-state index in [-0.39, 0.29) is 16.1 Å². The van der Waals surface area contributed by atoms with Gasteiger partial charge in [0, 0.05) is 0 Å². The van der Waals surface area contributed by atoms with E-state index in [0.29, 0.717) is 11.4 Å². The van der Waals surface area contributed by atoms with Gasteiger partial charge >= 0.3 is 0 Å². The average molecular weight is 359 g/mol. The van der Waals surface area contributed by atoms with Crippen molar-refractivity contribution in [3.8, 4) is 5.75 Å². The van der Waals surface area contributed by atoms with Gasteiger partial charge in [0.05, 0.1) is 28.9 Å². The SMILES string of the molecule is COc1ccc(C)cc1NC(=O)CN1C(=O)c2cccc(Cl)c2C1=O. The van der Waals surface area contributed by atoms with E-state index in [1.165, 1.54) is 19.2 Å². The summed E-state index contributed by atoms with van der Waals surface area (Å²) in [5.41, 5.74) is 1.75. The van der Waals surface area contributed by atoms with Crippen LogP contribution in [0.25, 0.3) is 0 Å². The molecule has 0 radical (unpaired) electrons. The molecule has 128 valence electrons. The molecule has 0 aliphatic carbocycles. The van der Waals surface area contributed by atoms with Gasteiger partial charge in [-0.2, -0.15) is 0 Å². The van der Waals surface area contributed by atoms with E-state index >= 15 is 0 Å². The van der Waals surface area contributed by atoms with Crippen LogP contribution in [0.1, 0.15) is 26.3 Å². The standard InChI is InChI=1S/C18H15ClN2O4/c1-10-6-7-14(25-2)13(8-10)20-15(22)9-21-17(23)11-4-3-5-12(19)16(11)18(21)24/h3-8H,9H2,1-2H3,(H,20,22). The van der Waals surface area contributed by atoms with Crippen LogP contribution in [0.4, 0.5) is 5.69 Å². The van der Waals surface area contributed by atoms with Gasteiger partial charge in [-0.3, -0.25) is 19.3 Å². The molecule has 0 saturated heterocycles. The van der Waals surface area contributed by atoms with Crippen molar-refractivity contribution in [2.45, 2.75) is 6.92 Å². The predicted molar refractivity (Wildman–Crippen MR) is 93.2 cm³/mol. The lowest BCUT2D eigenvalue weighted by atomic mass is 10.1. The highest BCUT2D eigenvalue weighted by Gasteiger charge is 2.38. The van der Waals surface area contributed by atoms with E-state index in [1.54, 1.807) is 18.2 Å². The Balaban J connectivity index is 1.79. The monoisotopic (exact) mass is 358 g/mol. The molecule has 0 unspecified atom stereocenters. The minimum absolute atomic E-state index is 0.134. The number of carbonyl (C=O) groups is 3. The Hall–Kier alpha value is -2.86. The number of carbonyl (C=O) groups excluding carboxylic acids is 3. The zero-order chi connectivity index (χ0) is 18.1. The lowest BCUT2D eigenvalue weighted by molar-refractivity contribution is -0.116. The summed E-state index contributed by atoms with van der Waals surface area (Å²) in [5.74, 6) is -1.12. The lowest BCUT2D eigenvalue weighted by Gasteiger charge is -2.15. The minimum atomic E-state index is -0.572. The Kier molecular flexibility index (Phi) is 4.46. The number of ether oxygens (including phenoxy) is 1. The highest BCUT2D eigenvalue weighted by atomic mass is 35.5. The van der Waals surface area contributed by atoms with Crippen LogP contribution in [0.5, 0.6) is 5.75 Å². The molecule has 0 spiro atoms. The Morgan fingerprint density at radius 1 is 1.20 bits per heavy atom. The first-order chi connectivity index (χ1) is 11.9. The first-order valence-corrected chi connectivity index (χ1v) is 7.89. The number of aryl methyl sites for hydroxylation is 1. The molecule has 0 bridgehead atoms. The molecule has 1 N–H and O–H groups in total. The van der Waals surface area contributed by atoms with Crippen LogP contribution in [0.2, 0.25) is 5.02 Å². The molecule has 3 amide bonds. The van der Waals surface area contributed by atoms with Crippen LogP contribution in [0.15, 0.2) is 36.4 Å². The molecule has 1 aliphatic rings. The fourth-order valence-electron chi connectivity index (χ4n) is 2.69. The number of anilines is 1.